The summed E-state index contributed by atoms with van der Waals surface area (Å²) in [4.78, 5) is 23.8. The number of hydrogen-bond acceptors (Lipinski definition) is 6. The fourth-order valence-corrected chi connectivity index (χ4v) is 6.23. The maximum atomic E-state index is 15.2. The Balaban J connectivity index is 1.69. The van der Waals surface area contributed by atoms with Crippen LogP contribution in [-0.2, 0) is 27.8 Å². The van der Waals surface area contributed by atoms with Crippen LogP contribution in [0.2, 0.25) is 0 Å². The SMILES string of the molecule is COc1ccc(CN(C)S(=O)(=O)c2cccc(-c3c(C)n(CC(F)=CCNC(=O)OC(C)(C)C)c4ccc(C(=O)O)cc34)c2)cc1. The number of benzene rings is 3. The second kappa shape index (κ2) is 13.8. The third-order valence-electron chi connectivity index (χ3n) is 7.24. The van der Waals surface area contributed by atoms with E-state index in [0.29, 0.717) is 33.5 Å². The summed E-state index contributed by atoms with van der Waals surface area (Å²) < 4.78 is 55.8. The molecule has 0 aliphatic carbocycles. The number of alkyl carbamates (subject to hydrolysis) is 1. The summed E-state index contributed by atoms with van der Waals surface area (Å²) in [5.41, 5.74) is 2.38. The van der Waals surface area contributed by atoms with Crippen molar-refractivity contribution in [3.63, 3.8) is 0 Å². The maximum Gasteiger partial charge on any atom is 0.407 e. The van der Waals surface area contributed by atoms with Gasteiger partial charge in [-0.25, -0.2) is 22.4 Å². The van der Waals surface area contributed by atoms with Gasteiger partial charge in [-0.2, -0.15) is 4.31 Å². The van der Waals surface area contributed by atoms with Crippen molar-refractivity contribution in [3.05, 3.63) is 95.5 Å². The lowest BCUT2D eigenvalue weighted by molar-refractivity contribution is 0.0533. The number of nitrogens with one attached hydrogen (secondary N) is 1. The molecule has 12 heteroatoms. The number of aromatic carboxylic acids is 1. The summed E-state index contributed by atoms with van der Waals surface area (Å²) in [5.74, 6) is -1.01. The van der Waals surface area contributed by atoms with E-state index in [-0.39, 0.29) is 30.1 Å². The van der Waals surface area contributed by atoms with Gasteiger partial charge in [0.15, 0.2) is 0 Å². The number of carbonyl (C=O) groups is 2. The number of methoxy groups -OCH3 is 1. The minimum Gasteiger partial charge on any atom is -0.497 e. The molecule has 2 N–H and O–H groups in total. The Hall–Kier alpha value is -4.68. The number of sulfonamides is 1. The Morgan fingerprint density at radius 3 is 2.39 bits per heavy atom. The van der Waals surface area contributed by atoms with Gasteiger partial charge >= 0.3 is 12.1 Å². The van der Waals surface area contributed by atoms with Gasteiger partial charge in [-0.05, 0) is 87.4 Å². The lowest BCUT2D eigenvalue weighted by Gasteiger charge is -2.19. The fourth-order valence-electron chi connectivity index (χ4n) is 5.02. The first-order valence-electron chi connectivity index (χ1n) is 14.5. The molecular weight excluding hydrogens is 613 g/mol. The van der Waals surface area contributed by atoms with E-state index in [9.17, 15) is 23.1 Å². The quantitative estimate of drug-likeness (QED) is 0.189. The number of carbonyl (C=O) groups excluding carboxylic acids is 1. The Labute approximate surface area is 268 Å². The molecule has 0 aliphatic heterocycles. The normalized spacial score (nSPS) is 12.4. The molecule has 0 atom stereocenters. The van der Waals surface area contributed by atoms with Crippen molar-refractivity contribution in [2.24, 2.45) is 0 Å². The molecule has 0 unspecified atom stereocenters. The van der Waals surface area contributed by atoms with Crippen LogP contribution >= 0.6 is 0 Å². The molecule has 0 saturated carbocycles. The van der Waals surface area contributed by atoms with E-state index in [1.807, 2.05) is 0 Å². The van der Waals surface area contributed by atoms with Gasteiger partial charge in [-0.3, -0.25) is 0 Å². The number of allylic oxidation sites excluding steroid dienone is 1. The number of aromatic nitrogens is 1. The van der Waals surface area contributed by atoms with Crippen molar-refractivity contribution in [1.82, 2.24) is 14.2 Å². The van der Waals surface area contributed by atoms with Gasteiger partial charge in [0.2, 0.25) is 10.0 Å². The standard InChI is InChI=1S/C34H38FN3O7S/c1-22-31(24-8-7-9-28(18-24)46(42,43)37(5)20-23-10-13-27(44-6)14-11-23)29-19-25(32(39)40)12-15-30(29)38(22)21-26(35)16-17-36-33(41)45-34(2,3)4/h7-16,18-19H,17,20-21H2,1-6H3,(H,36,41)(H,39,40). The molecule has 0 bridgehead atoms. The topological polar surface area (TPSA) is 127 Å². The van der Waals surface area contributed by atoms with Crippen molar-refractivity contribution in [1.29, 1.82) is 0 Å². The number of halogens is 1. The number of carboxylic acids is 1. The minimum absolute atomic E-state index is 0.0338. The first-order chi connectivity index (χ1) is 21.6. The lowest BCUT2D eigenvalue weighted by atomic mass is 10.0. The van der Waals surface area contributed by atoms with E-state index < -0.39 is 33.5 Å². The van der Waals surface area contributed by atoms with Gasteiger partial charge in [0.25, 0.3) is 0 Å². The van der Waals surface area contributed by atoms with Crippen LogP contribution < -0.4 is 10.1 Å². The van der Waals surface area contributed by atoms with Crippen LogP contribution in [0.3, 0.4) is 0 Å². The van der Waals surface area contributed by atoms with Crippen molar-refractivity contribution in [3.8, 4) is 16.9 Å². The zero-order valence-corrected chi connectivity index (χ0v) is 27.4. The van der Waals surface area contributed by atoms with Gasteiger partial charge in [-0.1, -0.05) is 24.3 Å². The Morgan fingerprint density at radius 2 is 1.76 bits per heavy atom. The number of ether oxygens (including phenoxy) is 2. The fraction of sp³-hybridized carbons (Fsp3) is 0.294. The molecule has 0 radical (unpaired) electrons. The van der Waals surface area contributed by atoms with Crippen molar-refractivity contribution < 1.29 is 37.0 Å². The van der Waals surface area contributed by atoms with Gasteiger partial charge in [0, 0.05) is 42.3 Å². The molecule has 244 valence electrons. The summed E-state index contributed by atoms with van der Waals surface area (Å²) >= 11 is 0. The highest BCUT2D eigenvalue weighted by Gasteiger charge is 2.24. The second-order valence-electron chi connectivity index (χ2n) is 11.8. The second-order valence-corrected chi connectivity index (χ2v) is 13.8. The van der Waals surface area contributed by atoms with Crippen LogP contribution in [-0.4, -0.2) is 60.8 Å². The van der Waals surface area contributed by atoms with Gasteiger partial charge < -0.3 is 24.5 Å². The highest BCUT2D eigenvalue weighted by molar-refractivity contribution is 7.89. The number of carboxylic acid groups (broad SMARTS) is 1. The van der Waals surface area contributed by atoms with Crippen LogP contribution in [0.4, 0.5) is 9.18 Å². The largest absolute Gasteiger partial charge is 0.497 e. The molecule has 0 aliphatic rings. The average Bonchev–Trinajstić information content (AvgIpc) is 3.26. The zero-order chi connectivity index (χ0) is 33.8. The average molecular weight is 652 g/mol. The molecule has 1 amide bonds. The third-order valence-corrected chi connectivity index (χ3v) is 9.04. The van der Waals surface area contributed by atoms with E-state index >= 15 is 4.39 Å². The summed E-state index contributed by atoms with van der Waals surface area (Å²) in [6.45, 7) is 6.77. The number of fused-ring (bicyclic) bond motifs is 1. The van der Waals surface area contributed by atoms with E-state index in [0.717, 1.165) is 5.56 Å². The summed E-state index contributed by atoms with van der Waals surface area (Å²) in [6, 6.07) is 18.0. The molecule has 1 heterocycles. The van der Waals surface area contributed by atoms with E-state index in [1.54, 1.807) is 81.8 Å². The minimum atomic E-state index is -3.92. The molecule has 4 aromatic rings. The van der Waals surface area contributed by atoms with Crippen LogP contribution in [0.1, 0.15) is 42.4 Å². The molecule has 0 fully saturated rings. The Kier molecular flexibility index (Phi) is 10.2. The molecule has 4 rings (SSSR count). The lowest BCUT2D eigenvalue weighted by Crippen LogP contribution is -2.32. The molecule has 1 aromatic heterocycles. The van der Waals surface area contributed by atoms with Gasteiger partial charge in [-0.15, -0.1) is 0 Å². The Bertz CT molecular complexity index is 1890. The van der Waals surface area contributed by atoms with Gasteiger partial charge in [0.1, 0.15) is 17.2 Å². The van der Waals surface area contributed by atoms with E-state index in [4.69, 9.17) is 9.47 Å². The monoisotopic (exact) mass is 651 g/mol. The number of amides is 1. The molecule has 10 nitrogen and oxygen atoms in total. The Morgan fingerprint density at radius 1 is 1.07 bits per heavy atom. The number of nitrogens with zero attached hydrogens (tertiary/aromatic N) is 2. The van der Waals surface area contributed by atoms with Crippen LogP contribution in [0.25, 0.3) is 22.0 Å². The van der Waals surface area contributed by atoms with E-state index in [2.05, 4.69) is 5.32 Å². The zero-order valence-electron chi connectivity index (χ0n) is 26.6. The molecule has 0 saturated heterocycles. The van der Waals surface area contributed by atoms with Crippen LogP contribution in [0.15, 0.2) is 83.5 Å². The number of hydrogen-bond donors (Lipinski definition) is 2. The first-order valence-corrected chi connectivity index (χ1v) is 15.9. The van der Waals surface area contributed by atoms with Crippen LogP contribution in [0, 0.1) is 6.92 Å². The molecule has 3 aromatic carbocycles. The highest BCUT2D eigenvalue weighted by Crippen LogP contribution is 2.37. The number of rotatable bonds is 11. The first kappa shape index (κ1) is 34.2. The summed E-state index contributed by atoms with van der Waals surface area (Å²) in [6.07, 6.45) is 0.555. The van der Waals surface area contributed by atoms with Crippen molar-refractivity contribution >= 4 is 33.0 Å². The molecule has 46 heavy (non-hydrogen) atoms. The smallest absolute Gasteiger partial charge is 0.407 e. The predicted molar refractivity (Wildman–Crippen MR) is 174 cm³/mol. The summed E-state index contributed by atoms with van der Waals surface area (Å²) in [5, 5.41) is 12.7. The van der Waals surface area contributed by atoms with E-state index in [1.165, 1.54) is 41.7 Å². The van der Waals surface area contributed by atoms with Crippen molar-refractivity contribution in [2.45, 2.75) is 51.3 Å². The van der Waals surface area contributed by atoms with Crippen molar-refractivity contribution in [2.75, 3.05) is 20.7 Å². The van der Waals surface area contributed by atoms with Gasteiger partial charge in [0.05, 0.1) is 24.1 Å². The molecule has 0 spiro atoms. The van der Waals surface area contributed by atoms with Crippen LogP contribution in [0.5, 0.6) is 5.75 Å². The third kappa shape index (κ3) is 7.93. The summed E-state index contributed by atoms with van der Waals surface area (Å²) in [7, 11) is -0.874. The predicted octanol–water partition coefficient (Wildman–Crippen LogP) is 6.52. The maximum absolute atomic E-state index is 15.2. The molecular formula is C34H38FN3O7S. The highest BCUT2D eigenvalue weighted by atomic mass is 32.2.